The lowest BCUT2D eigenvalue weighted by atomic mass is 9.78. The van der Waals surface area contributed by atoms with E-state index < -0.39 is 5.41 Å². The van der Waals surface area contributed by atoms with Crippen LogP contribution in [0.15, 0.2) is 84.9 Å². The van der Waals surface area contributed by atoms with Gasteiger partial charge in [0, 0.05) is 5.69 Å². The van der Waals surface area contributed by atoms with Crippen molar-refractivity contribution in [3.63, 3.8) is 0 Å². The summed E-state index contributed by atoms with van der Waals surface area (Å²) in [5, 5.41) is 0. The van der Waals surface area contributed by atoms with Crippen LogP contribution in [0, 0.1) is 0 Å². The molecule has 1 aliphatic rings. The number of benzene rings is 3. The van der Waals surface area contributed by atoms with E-state index in [1.807, 2.05) is 71.6 Å². The number of hydrogen-bond acceptors (Lipinski definition) is 1. The maximum absolute atomic E-state index is 13.4. The molecule has 2 nitrogen and oxygen atoms in total. The van der Waals surface area contributed by atoms with Crippen LogP contribution >= 0.6 is 0 Å². The van der Waals surface area contributed by atoms with E-state index in [2.05, 4.69) is 25.1 Å². The Kier molecular flexibility index (Phi) is 3.46. The van der Waals surface area contributed by atoms with Gasteiger partial charge in [-0.2, -0.15) is 0 Å². The molecule has 3 aromatic carbocycles. The van der Waals surface area contributed by atoms with Crippen LogP contribution < -0.4 is 4.90 Å². The molecule has 1 amide bonds. The molecule has 0 spiro atoms. The molecule has 1 atom stereocenters. The number of amides is 1. The van der Waals surface area contributed by atoms with Crippen molar-refractivity contribution < 1.29 is 4.79 Å². The smallest absolute Gasteiger partial charge is 0.242 e. The first-order valence-corrected chi connectivity index (χ1v) is 8.23. The van der Waals surface area contributed by atoms with Gasteiger partial charge in [-0.25, -0.2) is 0 Å². The zero-order valence-corrected chi connectivity index (χ0v) is 13.6. The molecule has 0 N–H and O–H groups in total. The first kappa shape index (κ1) is 14.7. The van der Waals surface area contributed by atoms with Gasteiger partial charge in [0.25, 0.3) is 0 Å². The quantitative estimate of drug-likeness (QED) is 0.676. The van der Waals surface area contributed by atoms with E-state index in [4.69, 9.17) is 0 Å². The van der Waals surface area contributed by atoms with Crippen LogP contribution in [0.1, 0.15) is 18.1 Å². The molecule has 1 heterocycles. The van der Waals surface area contributed by atoms with Crippen LogP contribution in [0.25, 0.3) is 0 Å². The van der Waals surface area contributed by atoms with Gasteiger partial charge in [-0.1, -0.05) is 66.7 Å². The van der Waals surface area contributed by atoms with Gasteiger partial charge in [0.1, 0.15) is 0 Å². The summed E-state index contributed by atoms with van der Waals surface area (Å²) in [6.07, 6.45) is 0.701. The molecule has 4 rings (SSSR count). The van der Waals surface area contributed by atoms with Crippen molar-refractivity contribution >= 4 is 17.3 Å². The molecule has 24 heavy (non-hydrogen) atoms. The van der Waals surface area contributed by atoms with Gasteiger partial charge in [-0.3, -0.25) is 9.69 Å². The summed E-state index contributed by atoms with van der Waals surface area (Å²) in [5.74, 6) is 0.138. The Hall–Kier alpha value is -2.87. The summed E-state index contributed by atoms with van der Waals surface area (Å²) in [5.41, 5.74) is 3.65. The molecule has 0 bridgehead atoms. The normalized spacial score (nSPS) is 19.4. The van der Waals surface area contributed by atoms with Crippen LogP contribution in [-0.4, -0.2) is 5.91 Å². The number of nitrogens with zero attached hydrogens (tertiary/aromatic N) is 1. The Balaban J connectivity index is 1.83. The third kappa shape index (κ3) is 2.23. The molecule has 1 unspecified atom stereocenters. The van der Waals surface area contributed by atoms with Crippen molar-refractivity contribution in [1.29, 1.82) is 0 Å². The maximum atomic E-state index is 13.4. The highest BCUT2D eigenvalue weighted by Gasteiger charge is 2.47. The number of rotatable bonds is 3. The first-order chi connectivity index (χ1) is 11.7. The average Bonchev–Trinajstić information content (AvgIpc) is 2.85. The molecule has 118 valence electrons. The van der Waals surface area contributed by atoms with E-state index in [0.717, 1.165) is 16.9 Å². The van der Waals surface area contributed by atoms with Crippen LogP contribution in [0.3, 0.4) is 0 Å². The van der Waals surface area contributed by atoms with Crippen molar-refractivity contribution in [3.05, 3.63) is 96.1 Å². The summed E-state index contributed by atoms with van der Waals surface area (Å²) in [6, 6.07) is 28.3. The average molecular weight is 313 g/mol. The SMILES string of the molecule is CC1(Cc2ccccc2)C(=O)N(c2ccccc2)c2ccccc21. The highest BCUT2D eigenvalue weighted by Crippen LogP contribution is 2.46. The van der Waals surface area contributed by atoms with Crippen LogP contribution in [-0.2, 0) is 16.6 Å². The number of anilines is 2. The van der Waals surface area contributed by atoms with Crippen LogP contribution in [0.4, 0.5) is 11.4 Å². The molecule has 3 aromatic rings. The van der Waals surface area contributed by atoms with Crippen molar-refractivity contribution in [2.45, 2.75) is 18.8 Å². The fourth-order valence-electron chi connectivity index (χ4n) is 3.61. The van der Waals surface area contributed by atoms with Gasteiger partial charge >= 0.3 is 0 Å². The predicted molar refractivity (Wildman–Crippen MR) is 97.5 cm³/mol. The molecule has 0 radical (unpaired) electrons. The highest BCUT2D eigenvalue weighted by molar-refractivity contribution is 6.12. The van der Waals surface area contributed by atoms with Gasteiger partial charge in [0.15, 0.2) is 0 Å². The van der Waals surface area contributed by atoms with Crippen LogP contribution in [0.5, 0.6) is 0 Å². The van der Waals surface area contributed by atoms with Crippen LogP contribution in [0.2, 0.25) is 0 Å². The monoisotopic (exact) mass is 313 g/mol. The fourth-order valence-corrected chi connectivity index (χ4v) is 3.61. The minimum absolute atomic E-state index is 0.138. The lowest BCUT2D eigenvalue weighted by Crippen LogP contribution is -2.37. The number of para-hydroxylation sites is 2. The summed E-state index contributed by atoms with van der Waals surface area (Å²) in [7, 11) is 0. The molecule has 0 aromatic heterocycles. The Morgan fingerprint density at radius 1 is 0.792 bits per heavy atom. The van der Waals surface area contributed by atoms with Crippen molar-refractivity contribution in [3.8, 4) is 0 Å². The third-order valence-electron chi connectivity index (χ3n) is 4.83. The van der Waals surface area contributed by atoms with Gasteiger partial charge in [-0.15, -0.1) is 0 Å². The van der Waals surface area contributed by atoms with Crippen molar-refractivity contribution in [2.75, 3.05) is 4.90 Å². The number of carbonyl (C=O) groups is 1. The Labute approximate surface area is 142 Å². The number of carbonyl (C=O) groups excluding carboxylic acids is 1. The third-order valence-corrected chi connectivity index (χ3v) is 4.83. The maximum Gasteiger partial charge on any atom is 0.242 e. The molecule has 1 aliphatic heterocycles. The molecule has 0 aliphatic carbocycles. The Morgan fingerprint density at radius 3 is 2.08 bits per heavy atom. The Bertz CT molecular complexity index is 873. The second kappa shape index (κ2) is 5.64. The largest absolute Gasteiger partial charge is 0.280 e. The van der Waals surface area contributed by atoms with E-state index in [9.17, 15) is 4.79 Å². The standard InChI is InChI=1S/C22H19NO/c1-22(16-17-10-4-2-5-11-17)19-14-8-9-15-20(19)23(21(22)24)18-12-6-3-7-13-18/h2-15H,16H2,1H3. The van der Waals surface area contributed by atoms with Gasteiger partial charge in [-0.05, 0) is 42.7 Å². The van der Waals surface area contributed by atoms with E-state index >= 15 is 0 Å². The van der Waals surface area contributed by atoms with E-state index in [0.29, 0.717) is 6.42 Å². The van der Waals surface area contributed by atoms with Crippen molar-refractivity contribution in [2.24, 2.45) is 0 Å². The lowest BCUT2D eigenvalue weighted by Gasteiger charge is -2.24. The molecule has 0 saturated carbocycles. The van der Waals surface area contributed by atoms with E-state index in [1.165, 1.54) is 5.56 Å². The molecule has 2 heteroatoms. The van der Waals surface area contributed by atoms with E-state index in [1.54, 1.807) is 0 Å². The summed E-state index contributed by atoms with van der Waals surface area (Å²) in [4.78, 5) is 15.3. The first-order valence-electron chi connectivity index (χ1n) is 8.23. The minimum Gasteiger partial charge on any atom is -0.280 e. The second-order valence-corrected chi connectivity index (χ2v) is 6.49. The second-order valence-electron chi connectivity index (χ2n) is 6.49. The zero-order chi connectivity index (χ0) is 16.6. The molecule has 0 fully saturated rings. The molecule has 0 saturated heterocycles. The molecular formula is C22H19NO. The summed E-state index contributed by atoms with van der Waals surface area (Å²) in [6.45, 7) is 2.06. The topological polar surface area (TPSA) is 20.3 Å². The van der Waals surface area contributed by atoms with E-state index in [-0.39, 0.29) is 5.91 Å². The summed E-state index contributed by atoms with van der Waals surface area (Å²) >= 11 is 0. The lowest BCUT2D eigenvalue weighted by molar-refractivity contribution is -0.121. The highest BCUT2D eigenvalue weighted by atomic mass is 16.2. The number of fused-ring (bicyclic) bond motifs is 1. The zero-order valence-electron chi connectivity index (χ0n) is 13.6. The molecular weight excluding hydrogens is 294 g/mol. The predicted octanol–water partition coefficient (Wildman–Crippen LogP) is 4.87. The summed E-state index contributed by atoms with van der Waals surface area (Å²) < 4.78 is 0. The van der Waals surface area contributed by atoms with Gasteiger partial charge < -0.3 is 0 Å². The Morgan fingerprint density at radius 2 is 1.38 bits per heavy atom. The van der Waals surface area contributed by atoms with Gasteiger partial charge in [0.2, 0.25) is 5.91 Å². The van der Waals surface area contributed by atoms with Gasteiger partial charge in [0.05, 0.1) is 11.1 Å². The fraction of sp³-hybridized carbons (Fsp3) is 0.136. The number of hydrogen-bond donors (Lipinski definition) is 0. The minimum atomic E-state index is -0.548. The van der Waals surface area contributed by atoms with Crippen molar-refractivity contribution in [1.82, 2.24) is 0 Å².